The molecular weight excluding hydrogens is 373 g/mol. The molecule has 1 aliphatic rings. The van der Waals surface area contributed by atoms with Crippen molar-refractivity contribution in [3.05, 3.63) is 17.0 Å². The van der Waals surface area contributed by atoms with Gasteiger partial charge in [0.15, 0.2) is 11.5 Å². The van der Waals surface area contributed by atoms with Gasteiger partial charge in [-0.05, 0) is 39.2 Å². The Labute approximate surface area is 161 Å². The Morgan fingerprint density at radius 2 is 1.79 bits per heavy atom. The third kappa shape index (κ3) is 3.80. The second-order valence-electron chi connectivity index (χ2n) is 8.03. The molecule has 7 nitrogen and oxygen atoms in total. The second-order valence-corrected chi connectivity index (χ2v) is 8.03. The van der Waals surface area contributed by atoms with Crippen molar-refractivity contribution in [3.63, 3.8) is 0 Å². The third-order valence-corrected chi connectivity index (χ3v) is 5.53. The Hall–Kier alpha value is -1.94. The first-order chi connectivity index (χ1) is 13.1. The number of piperidine rings is 1. The molecule has 0 unspecified atom stereocenters. The van der Waals surface area contributed by atoms with Gasteiger partial charge in [-0.2, -0.15) is 17.7 Å². The van der Waals surface area contributed by atoms with Crippen molar-refractivity contribution in [2.75, 3.05) is 31.1 Å². The minimum Gasteiger partial charge on any atom is -0.394 e. The summed E-state index contributed by atoms with van der Waals surface area (Å²) < 4.78 is 40.5. The molecule has 0 atom stereocenters. The van der Waals surface area contributed by atoms with E-state index in [2.05, 4.69) is 34.5 Å². The van der Waals surface area contributed by atoms with Crippen LogP contribution in [0.4, 0.5) is 19.0 Å². The lowest BCUT2D eigenvalue weighted by molar-refractivity contribution is -0.146. The molecule has 0 radical (unpaired) electrons. The summed E-state index contributed by atoms with van der Waals surface area (Å²) in [4.78, 5) is 1.98. The molecule has 10 heteroatoms. The van der Waals surface area contributed by atoms with E-state index in [-0.39, 0.29) is 17.8 Å². The molecule has 2 aromatic rings. The van der Waals surface area contributed by atoms with Gasteiger partial charge in [-0.15, -0.1) is 15.3 Å². The molecule has 0 spiro atoms. The number of alkyl halides is 3. The minimum absolute atomic E-state index is 0.0295. The summed E-state index contributed by atoms with van der Waals surface area (Å²) in [5, 5.41) is 24.6. The van der Waals surface area contributed by atoms with Gasteiger partial charge < -0.3 is 15.3 Å². The molecule has 0 bridgehead atoms. The molecule has 0 aromatic carbocycles. The molecule has 1 saturated heterocycles. The van der Waals surface area contributed by atoms with Crippen molar-refractivity contribution in [3.8, 4) is 0 Å². The van der Waals surface area contributed by atoms with Crippen LogP contribution in [-0.4, -0.2) is 56.7 Å². The van der Waals surface area contributed by atoms with Crippen LogP contribution in [0.2, 0.25) is 0 Å². The fraction of sp³-hybridized carbons (Fsp3) is 0.722. The third-order valence-electron chi connectivity index (χ3n) is 5.53. The number of halogens is 3. The molecule has 0 aliphatic carbocycles. The van der Waals surface area contributed by atoms with Crippen molar-refractivity contribution in [1.82, 2.24) is 25.1 Å². The molecule has 28 heavy (non-hydrogen) atoms. The molecule has 0 amide bonds. The van der Waals surface area contributed by atoms with E-state index in [1.807, 2.05) is 11.8 Å². The van der Waals surface area contributed by atoms with E-state index in [1.54, 1.807) is 6.92 Å². The van der Waals surface area contributed by atoms with E-state index in [0.29, 0.717) is 43.2 Å². The Kier molecular flexibility index (Phi) is 5.55. The number of nitrogens with zero attached hydrogens (tertiary/aromatic N) is 5. The predicted molar refractivity (Wildman–Crippen MR) is 99.4 cm³/mol. The molecule has 156 valence electrons. The lowest BCUT2D eigenvalue weighted by Crippen LogP contribution is -2.56. The largest absolute Gasteiger partial charge is 0.453 e. The first-order valence-electron chi connectivity index (χ1n) is 9.48. The highest BCUT2D eigenvalue weighted by Crippen LogP contribution is 2.32. The zero-order valence-corrected chi connectivity index (χ0v) is 16.6. The maximum atomic E-state index is 13.2. The van der Waals surface area contributed by atoms with Crippen molar-refractivity contribution in [2.24, 2.45) is 5.92 Å². The smallest absolute Gasteiger partial charge is 0.394 e. The highest BCUT2D eigenvalue weighted by Gasteiger charge is 2.39. The maximum Gasteiger partial charge on any atom is 0.453 e. The van der Waals surface area contributed by atoms with E-state index < -0.39 is 12.0 Å². The number of rotatable bonds is 5. The Morgan fingerprint density at radius 1 is 1.14 bits per heavy atom. The fourth-order valence-electron chi connectivity index (χ4n) is 3.55. The van der Waals surface area contributed by atoms with Crippen LogP contribution in [0.25, 0.3) is 5.65 Å². The van der Waals surface area contributed by atoms with Crippen LogP contribution in [0.15, 0.2) is 0 Å². The minimum atomic E-state index is -4.62. The summed E-state index contributed by atoms with van der Waals surface area (Å²) in [6.07, 6.45) is -3.26. The van der Waals surface area contributed by atoms with Gasteiger partial charge in [-0.25, -0.2) is 0 Å². The zero-order valence-electron chi connectivity index (χ0n) is 16.6. The molecule has 2 N–H and O–H groups in total. The molecule has 3 heterocycles. The van der Waals surface area contributed by atoms with Gasteiger partial charge in [0.1, 0.15) is 0 Å². The van der Waals surface area contributed by atoms with Crippen LogP contribution in [0.1, 0.15) is 43.6 Å². The van der Waals surface area contributed by atoms with Gasteiger partial charge in [0.05, 0.1) is 6.61 Å². The predicted octanol–water partition coefficient (Wildman–Crippen LogP) is 2.34. The number of aliphatic hydroxyl groups is 1. The number of nitrogens with one attached hydrogen (secondary N) is 1. The average molecular weight is 400 g/mol. The van der Waals surface area contributed by atoms with Crippen molar-refractivity contribution in [2.45, 2.75) is 52.3 Å². The molecule has 0 saturated carbocycles. The average Bonchev–Trinajstić information content (AvgIpc) is 3.08. The number of hydrogen-bond acceptors (Lipinski definition) is 6. The Morgan fingerprint density at radius 3 is 2.32 bits per heavy atom. The highest BCUT2D eigenvalue weighted by atomic mass is 19.4. The van der Waals surface area contributed by atoms with Gasteiger partial charge >= 0.3 is 6.18 Å². The van der Waals surface area contributed by atoms with Crippen molar-refractivity contribution in [1.29, 1.82) is 0 Å². The van der Waals surface area contributed by atoms with Crippen molar-refractivity contribution >= 4 is 11.5 Å². The summed E-state index contributed by atoms with van der Waals surface area (Å²) in [5.41, 5.74) is 1.18. The lowest BCUT2D eigenvalue weighted by atomic mass is 9.87. The van der Waals surface area contributed by atoms with E-state index >= 15 is 0 Å². The normalized spacial score (nSPS) is 17.7. The standard InChI is InChI=1S/C18H27F3N6O/c1-11(2)9-22-17(10-28)5-7-26(8-6-17)15-13(4)12(3)14-23-24-16(18(19,20)21)27(14)25-15/h11,22,28H,5-10H2,1-4H3. The quantitative estimate of drug-likeness (QED) is 0.802. The van der Waals surface area contributed by atoms with Crippen LogP contribution >= 0.6 is 0 Å². The van der Waals surface area contributed by atoms with Crippen LogP contribution in [-0.2, 0) is 6.18 Å². The van der Waals surface area contributed by atoms with Gasteiger partial charge in [0, 0.05) is 29.8 Å². The van der Waals surface area contributed by atoms with Crippen LogP contribution in [0.5, 0.6) is 0 Å². The Balaban J connectivity index is 1.89. The maximum absolute atomic E-state index is 13.2. The van der Waals surface area contributed by atoms with Crippen LogP contribution < -0.4 is 10.2 Å². The highest BCUT2D eigenvalue weighted by molar-refractivity contribution is 5.59. The fourth-order valence-corrected chi connectivity index (χ4v) is 3.55. The van der Waals surface area contributed by atoms with E-state index in [9.17, 15) is 18.3 Å². The molecular formula is C18H27F3N6O. The summed E-state index contributed by atoms with van der Waals surface area (Å²) in [7, 11) is 0. The van der Waals surface area contributed by atoms with Crippen molar-refractivity contribution < 1.29 is 18.3 Å². The van der Waals surface area contributed by atoms with Crippen LogP contribution in [0.3, 0.4) is 0 Å². The first kappa shape index (κ1) is 20.8. The molecule has 2 aromatic heterocycles. The number of aliphatic hydroxyl groups excluding tert-OH is 1. The number of hydrogen-bond donors (Lipinski definition) is 2. The zero-order chi connectivity index (χ0) is 20.7. The van der Waals surface area contributed by atoms with Gasteiger partial charge in [-0.3, -0.25) is 0 Å². The monoisotopic (exact) mass is 400 g/mol. The summed E-state index contributed by atoms with van der Waals surface area (Å²) in [6, 6.07) is 0. The number of anilines is 1. The number of aryl methyl sites for hydroxylation is 1. The summed E-state index contributed by atoms with van der Waals surface area (Å²) >= 11 is 0. The van der Waals surface area contributed by atoms with E-state index in [1.165, 1.54) is 0 Å². The second kappa shape index (κ2) is 7.47. The molecule has 1 aliphatic heterocycles. The molecule has 3 rings (SSSR count). The topological polar surface area (TPSA) is 78.6 Å². The van der Waals surface area contributed by atoms with E-state index in [4.69, 9.17) is 0 Å². The molecule has 1 fully saturated rings. The van der Waals surface area contributed by atoms with Crippen LogP contribution in [0, 0.1) is 19.8 Å². The van der Waals surface area contributed by atoms with Gasteiger partial charge in [-0.1, -0.05) is 13.8 Å². The van der Waals surface area contributed by atoms with Gasteiger partial charge in [0.25, 0.3) is 5.82 Å². The number of fused-ring (bicyclic) bond motifs is 1. The number of aromatic nitrogens is 4. The first-order valence-corrected chi connectivity index (χ1v) is 9.48. The SMILES string of the molecule is Cc1c(N2CCC(CO)(NCC(C)C)CC2)nn2c(C(F)(F)F)nnc2c1C. The summed E-state index contributed by atoms with van der Waals surface area (Å²) in [5.74, 6) is -0.150. The summed E-state index contributed by atoms with van der Waals surface area (Å²) in [6.45, 7) is 9.80. The van der Waals surface area contributed by atoms with Gasteiger partial charge in [0.2, 0.25) is 0 Å². The Bertz CT molecular complexity index is 840. The lowest BCUT2D eigenvalue weighted by Gasteiger charge is -2.42. The van der Waals surface area contributed by atoms with E-state index in [0.717, 1.165) is 16.6 Å².